The van der Waals surface area contributed by atoms with Crippen molar-refractivity contribution in [1.29, 1.82) is 0 Å². The molecule has 1 saturated heterocycles. The zero-order valence-electron chi connectivity index (χ0n) is 12.0. The maximum absolute atomic E-state index is 12.8. The van der Waals surface area contributed by atoms with Gasteiger partial charge in [-0.1, -0.05) is 12.1 Å². The summed E-state index contributed by atoms with van der Waals surface area (Å²) < 4.78 is 17.5. The average Bonchev–Trinajstić information content (AvgIpc) is 2.75. The molecule has 1 aliphatic rings. The second kappa shape index (κ2) is 7.06. The van der Waals surface area contributed by atoms with Gasteiger partial charge in [-0.2, -0.15) is 0 Å². The number of rotatable bonds is 2. The Morgan fingerprint density at radius 3 is 2.38 bits per heavy atom. The van der Waals surface area contributed by atoms with Gasteiger partial charge in [-0.05, 0) is 24.1 Å². The molecule has 2 rings (SSSR count). The molecule has 2 amide bonds. The first-order valence-corrected chi connectivity index (χ1v) is 6.95. The molecule has 114 valence electrons. The second-order valence-electron chi connectivity index (χ2n) is 4.99. The van der Waals surface area contributed by atoms with Gasteiger partial charge in [0.05, 0.1) is 13.5 Å². The zero-order valence-corrected chi connectivity index (χ0v) is 12.0. The van der Waals surface area contributed by atoms with Gasteiger partial charge >= 0.3 is 6.09 Å². The third kappa shape index (κ3) is 4.18. The summed E-state index contributed by atoms with van der Waals surface area (Å²) in [6.45, 7) is 2.18. The average molecular weight is 294 g/mol. The Kier molecular flexibility index (Phi) is 5.14. The number of ether oxygens (including phenoxy) is 1. The zero-order chi connectivity index (χ0) is 15.2. The van der Waals surface area contributed by atoms with Gasteiger partial charge in [0.15, 0.2) is 0 Å². The third-order valence-electron chi connectivity index (χ3n) is 3.55. The van der Waals surface area contributed by atoms with Crippen molar-refractivity contribution in [3.8, 4) is 0 Å². The highest BCUT2D eigenvalue weighted by molar-refractivity contribution is 5.79. The molecule has 0 spiro atoms. The van der Waals surface area contributed by atoms with Crippen LogP contribution in [0.1, 0.15) is 12.0 Å². The van der Waals surface area contributed by atoms with Crippen LogP contribution in [0.4, 0.5) is 9.18 Å². The van der Waals surface area contributed by atoms with Crippen LogP contribution in [0.2, 0.25) is 0 Å². The number of benzene rings is 1. The van der Waals surface area contributed by atoms with E-state index in [0.29, 0.717) is 26.2 Å². The Balaban J connectivity index is 1.91. The van der Waals surface area contributed by atoms with Crippen LogP contribution in [-0.4, -0.2) is 55.1 Å². The Hall–Kier alpha value is -2.11. The van der Waals surface area contributed by atoms with E-state index >= 15 is 0 Å². The van der Waals surface area contributed by atoms with Gasteiger partial charge in [-0.3, -0.25) is 4.79 Å². The highest BCUT2D eigenvalue weighted by atomic mass is 19.1. The van der Waals surface area contributed by atoms with Crippen molar-refractivity contribution in [3.05, 3.63) is 35.6 Å². The van der Waals surface area contributed by atoms with E-state index in [2.05, 4.69) is 0 Å². The third-order valence-corrected chi connectivity index (χ3v) is 3.55. The van der Waals surface area contributed by atoms with Gasteiger partial charge < -0.3 is 14.5 Å². The van der Waals surface area contributed by atoms with Crippen LogP contribution in [0.15, 0.2) is 24.3 Å². The van der Waals surface area contributed by atoms with Gasteiger partial charge in [-0.15, -0.1) is 0 Å². The topological polar surface area (TPSA) is 49.9 Å². The number of methoxy groups -OCH3 is 1. The lowest BCUT2D eigenvalue weighted by Gasteiger charge is -2.21. The molecular weight excluding hydrogens is 275 g/mol. The van der Waals surface area contributed by atoms with Gasteiger partial charge in [-0.25, -0.2) is 9.18 Å². The minimum Gasteiger partial charge on any atom is -0.453 e. The summed E-state index contributed by atoms with van der Waals surface area (Å²) in [5.41, 5.74) is 0.787. The van der Waals surface area contributed by atoms with E-state index in [9.17, 15) is 14.0 Å². The number of hydrogen-bond acceptors (Lipinski definition) is 3. The van der Waals surface area contributed by atoms with Crippen LogP contribution in [0.3, 0.4) is 0 Å². The molecule has 0 aromatic heterocycles. The molecule has 0 bridgehead atoms. The molecule has 0 saturated carbocycles. The predicted molar refractivity (Wildman–Crippen MR) is 75.3 cm³/mol. The fourth-order valence-corrected chi connectivity index (χ4v) is 2.37. The highest BCUT2D eigenvalue weighted by Crippen LogP contribution is 2.09. The van der Waals surface area contributed by atoms with E-state index in [1.54, 1.807) is 21.9 Å². The van der Waals surface area contributed by atoms with E-state index in [1.165, 1.54) is 19.2 Å². The molecule has 1 aromatic rings. The van der Waals surface area contributed by atoms with Crippen LogP contribution >= 0.6 is 0 Å². The Bertz CT molecular complexity index is 504. The SMILES string of the molecule is COC(=O)N1CCCN(C(=O)Cc2ccc(F)cc2)CC1. The molecule has 0 atom stereocenters. The van der Waals surface area contributed by atoms with E-state index in [0.717, 1.165) is 12.0 Å². The molecule has 5 nitrogen and oxygen atoms in total. The lowest BCUT2D eigenvalue weighted by molar-refractivity contribution is -0.130. The largest absolute Gasteiger partial charge is 0.453 e. The van der Waals surface area contributed by atoms with E-state index in [1.807, 2.05) is 0 Å². The van der Waals surface area contributed by atoms with Gasteiger partial charge in [0.2, 0.25) is 5.91 Å². The maximum atomic E-state index is 12.8. The Morgan fingerprint density at radius 1 is 1.10 bits per heavy atom. The fraction of sp³-hybridized carbons (Fsp3) is 0.467. The predicted octanol–water partition coefficient (Wildman–Crippen LogP) is 1.67. The molecule has 6 heteroatoms. The van der Waals surface area contributed by atoms with Crippen molar-refractivity contribution >= 4 is 12.0 Å². The van der Waals surface area contributed by atoms with Crippen LogP contribution in [-0.2, 0) is 16.0 Å². The number of halogens is 1. The van der Waals surface area contributed by atoms with Crippen molar-refractivity contribution in [2.45, 2.75) is 12.8 Å². The van der Waals surface area contributed by atoms with Crippen molar-refractivity contribution < 1.29 is 18.7 Å². The minimum atomic E-state index is -0.358. The number of carbonyl (C=O) groups excluding carboxylic acids is 2. The number of hydrogen-bond donors (Lipinski definition) is 0. The summed E-state index contributed by atoms with van der Waals surface area (Å²) in [4.78, 5) is 27.1. The van der Waals surface area contributed by atoms with Gasteiger partial charge in [0, 0.05) is 26.2 Å². The molecule has 1 fully saturated rings. The fourth-order valence-electron chi connectivity index (χ4n) is 2.37. The summed E-state index contributed by atoms with van der Waals surface area (Å²) >= 11 is 0. The molecule has 1 heterocycles. The monoisotopic (exact) mass is 294 g/mol. The lowest BCUT2D eigenvalue weighted by atomic mass is 10.1. The Labute approximate surface area is 123 Å². The molecule has 0 N–H and O–H groups in total. The molecule has 0 radical (unpaired) electrons. The molecule has 0 aliphatic carbocycles. The van der Waals surface area contributed by atoms with E-state index in [4.69, 9.17) is 4.74 Å². The van der Waals surface area contributed by atoms with Crippen LogP contribution in [0.25, 0.3) is 0 Å². The second-order valence-corrected chi connectivity index (χ2v) is 4.99. The first-order chi connectivity index (χ1) is 10.1. The number of amides is 2. The summed E-state index contributed by atoms with van der Waals surface area (Å²) in [6, 6.07) is 5.94. The quantitative estimate of drug-likeness (QED) is 0.833. The summed E-state index contributed by atoms with van der Waals surface area (Å²) in [5.74, 6) is -0.317. The van der Waals surface area contributed by atoms with Crippen molar-refractivity contribution in [3.63, 3.8) is 0 Å². The van der Waals surface area contributed by atoms with Crippen LogP contribution in [0.5, 0.6) is 0 Å². The van der Waals surface area contributed by atoms with Crippen LogP contribution in [0, 0.1) is 5.82 Å². The summed E-state index contributed by atoms with van der Waals surface area (Å²) in [5, 5.41) is 0. The van der Waals surface area contributed by atoms with E-state index < -0.39 is 0 Å². The lowest BCUT2D eigenvalue weighted by Crippen LogP contribution is -2.37. The number of nitrogens with zero attached hydrogens (tertiary/aromatic N) is 2. The first kappa shape index (κ1) is 15.3. The molecule has 1 aromatic carbocycles. The van der Waals surface area contributed by atoms with Crippen molar-refractivity contribution in [1.82, 2.24) is 9.80 Å². The smallest absolute Gasteiger partial charge is 0.409 e. The maximum Gasteiger partial charge on any atom is 0.409 e. The van der Waals surface area contributed by atoms with Crippen molar-refractivity contribution in [2.24, 2.45) is 0 Å². The van der Waals surface area contributed by atoms with Crippen LogP contribution < -0.4 is 0 Å². The Morgan fingerprint density at radius 2 is 1.71 bits per heavy atom. The first-order valence-electron chi connectivity index (χ1n) is 6.95. The molecule has 0 unspecified atom stereocenters. The standard InChI is InChI=1S/C15H19FN2O3/c1-21-15(20)18-8-2-7-17(9-10-18)14(19)11-12-3-5-13(16)6-4-12/h3-6H,2,7-11H2,1H3. The molecule has 21 heavy (non-hydrogen) atoms. The van der Waals surface area contributed by atoms with Gasteiger partial charge in [0.1, 0.15) is 5.82 Å². The molecule has 1 aliphatic heterocycles. The summed E-state index contributed by atoms with van der Waals surface area (Å²) in [7, 11) is 1.35. The summed E-state index contributed by atoms with van der Waals surface area (Å²) in [6.07, 6.45) is 0.616. The number of carbonyl (C=O) groups is 2. The van der Waals surface area contributed by atoms with Crippen molar-refractivity contribution in [2.75, 3.05) is 33.3 Å². The highest BCUT2D eigenvalue weighted by Gasteiger charge is 2.22. The van der Waals surface area contributed by atoms with Gasteiger partial charge in [0.25, 0.3) is 0 Å². The normalized spacial score (nSPS) is 15.5. The van der Waals surface area contributed by atoms with E-state index in [-0.39, 0.29) is 24.2 Å². The minimum absolute atomic E-state index is 0.00618. The molecular formula is C15H19FN2O3.